The molecule has 2 aromatic rings. The van der Waals surface area contributed by atoms with Crippen molar-refractivity contribution in [2.75, 3.05) is 5.75 Å². The van der Waals surface area contributed by atoms with E-state index in [1.54, 1.807) is 0 Å². The first-order chi connectivity index (χ1) is 11.0. The number of rotatable bonds is 5. The molecule has 0 unspecified atom stereocenters. The minimum Gasteiger partial charge on any atom is -0.337 e. The first-order valence-corrected chi connectivity index (χ1v) is 8.72. The van der Waals surface area contributed by atoms with Crippen LogP contribution in [0, 0.1) is 24.2 Å². The van der Waals surface area contributed by atoms with Crippen molar-refractivity contribution in [3.63, 3.8) is 0 Å². The number of hydrogen-bond acceptors (Lipinski definition) is 4. The predicted molar refractivity (Wildman–Crippen MR) is 92.1 cm³/mol. The fourth-order valence-electron chi connectivity index (χ4n) is 2.74. The van der Waals surface area contributed by atoms with Crippen LogP contribution in [0.25, 0.3) is 10.9 Å². The summed E-state index contributed by atoms with van der Waals surface area (Å²) >= 11 is 1.41. The minimum absolute atomic E-state index is 0.112. The van der Waals surface area contributed by atoms with Crippen LogP contribution in [0.15, 0.2) is 35.4 Å². The molecule has 1 N–H and O–H groups in total. The van der Waals surface area contributed by atoms with Gasteiger partial charge in [0.2, 0.25) is 5.91 Å². The van der Waals surface area contributed by atoms with Gasteiger partial charge in [-0.25, -0.2) is 4.98 Å². The molecule has 1 amide bonds. The highest BCUT2D eigenvalue weighted by Gasteiger charge is 2.42. The third-order valence-electron chi connectivity index (χ3n) is 4.28. The van der Waals surface area contributed by atoms with Gasteiger partial charge in [0.05, 0.1) is 22.4 Å². The van der Waals surface area contributed by atoms with Gasteiger partial charge >= 0.3 is 0 Å². The van der Waals surface area contributed by atoms with Crippen LogP contribution in [0.5, 0.6) is 0 Å². The number of benzene rings is 1. The summed E-state index contributed by atoms with van der Waals surface area (Å²) in [5.41, 5.74) is 1.36. The highest BCUT2D eigenvalue weighted by atomic mass is 32.2. The van der Waals surface area contributed by atoms with E-state index < -0.39 is 5.54 Å². The van der Waals surface area contributed by atoms with Gasteiger partial charge in [0.1, 0.15) is 5.54 Å². The van der Waals surface area contributed by atoms with Crippen LogP contribution in [-0.4, -0.2) is 22.2 Å². The van der Waals surface area contributed by atoms with Gasteiger partial charge in [-0.3, -0.25) is 4.79 Å². The van der Waals surface area contributed by atoms with E-state index in [-0.39, 0.29) is 11.7 Å². The zero-order valence-corrected chi connectivity index (χ0v) is 14.1. The number of para-hydroxylation sites is 1. The summed E-state index contributed by atoms with van der Waals surface area (Å²) in [6.07, 6.45) is 2.03. The quantitative estimate of drug-likeness (QED) is 0.855. The average molecular weight is 325 g/mol. The van der Waals surface area contributed by atoms with Crippen LogP contribution in [0.2, 0.25) is 0 Å². The van der Waals surface area contributed by atoms with Crippen LogP contribution in [-0.2, 0) is 4.79 Å². The van der Waals surface area contributed by atoms with Crippen molar-refractivity contribution in [1.29, 1.82) is 5.26 Å². The van der Waals surface area contributed by atoms with E-state index in [0.717, 1.165) is 34.3 Å². The fourth-order valence-corrected chi connectivity index (χ4v) is 3.51. The predicted octanol–water partition coefficient (Wildman–Crippen LogP) is 3.44. The molecule has 3 rings (SSSR count). The summed E-state index contributed by atoms with van der Waals surface area (Å²) in [7, 11) is 0. The van der Waals surface area contributed by atoms with Crippen LogP contribution in [0.1, 0.15) is 25.3 Å². The lowest BCUT2D eigenvalue weighted by molar-refractivity contribution is -0.119. The number of hydrogen-bond donors (Lipinski definition) is 1. The number of nitrogens with zero attached hydrogens (tertiary/aromatic N) is 2. The maximum Gasteiger partial charge on any atom is 0.231 e. The second-order valence-corrected chi connectivity index (χ2v) is 7.22. The Morgan fingerprint density at radius 2 is 2.22 bits per heavy atom. The Morgan fingerprint density at radius 3 is 2.91 bits per heavy atom. The lowest BCUT2D eigenvalue weighted by Crippen LogP contribution is -2.47. The van der Waals surface area contributed by atoms with Crippen molar-refractivity contribution in [1.82, 2.24) is 10.3 Å². The lowest BCUT2D eigenvalue weighted by atomic mass is 9.98. The first kappa shape index (κ1) is 15.8. The summed E-state index contributed by atoms with van der Waals surface area (Å²) in [5.74, 6) is 0.454. The summed E-state index contributed by atoms with van der Waals surface area (Å²) in [5, 5.41) is 14.1. The Bertz CT molecular complexity index is 794. The molecule has 1 fully saturated rings. The van der Waals surface area contributed by atoms with Crippen LogP contribution in [0.3, 0.4) is 0 Å². The van der Waals surface area contributed by atoms with E-state index >= 15 is 0 Å². The largest absolute Gasteiger partial charge is 0.337 e. The number of nitrogens with one attached hydrogen (secondary N) is 1. The molecule has 1 aromatic heterocycles. The second kappa shape index (κ2) is 6.21. The number of aromatic nitrogens is 1. The van der Waals surface area contributed by atoms with Crippen molar-refractivity contribution in [2.24, 2.45) is 5.92 Å². The van der Waals surface area contributed by atoms with E-state index in [0.29, 0.717) is 5.92 Å². The standard InChI is InChI=1S/C18H19N3OS/c1-12-9-17(20-15-6-4-3-5-14(12)15)23-10-16(22)21-18(2,11-19)13-7-8-13/h3-6,9,13H,7-8,10H2,1-2H3,(H,21,22)/t18-/m0/s1. The number of amides is 1. The van der Waals surface area contributed by atoms with Crippen molar-refractivity contribution >= 4 is 28.6 Å². The van der Waals surface area contributed by atoms with E-state index in [2.05, 4.69) is 16.4 Å². The molecule has 118 valence electrons. The number of carbonyl (C=O) groups is 1. The Balaban J connectivity index is 1.66. The van der Waals surface area contributed by atoms with Gasteiger partial charge in [0.15, 0.2) is 0 Å². The Morgan fingerprint density at radius 1 is 1.48 bits per heavy atom. The number of aryl methyl sites for hydroxylation is 1. The second-order valence-electron chi connectivity index (χ2n) is 6.22. The van der Waals surface area contributed by atoms with Gasteiger partial charge < -0.3 is 5.32 Å². The molecule has 1 heterocycles. The monoisotopic (exact) mass is 325 g/mol. The molecule has 23 heavy (non-hydrogen) atoms. The Labute approximate surface area is 140 Å². The normalized spacial score (nSPS) is 16.6. The fraction of sp³-hybridized carbons (Fsp3) is 0.389. The molecule has 5 heteroatoms. The molecular weight excluding hydrogens is 306 g/mol. The molecule has 1 aliphatic rings. The number of nitriles is 1. The van der Waals surface area contributed by atoms with Crippen molar-refractivity contribution in [2.45, 2.75) is 37.3 Å². The molecular formula is C18H19N3OS. The first-order valence-electron chi connectivity index (χ1n) is 7.73. The van der Waals surface area contributed by atoms with Gasteiger partial charge in [-0.1, -0.05) is 30.0 Å². The van der Waals surface area contributed by atoms with Gasteiger partial charge in [0.25, 0.3) is 0 Å². The van der Waals surface area contributed by atoms with Crippen LogP contribution >= 0.6 is 11.8 Å². The maximum absolute atomic E-state index is 12.2. The molecule has 1 aliphatic carbocycles. The average Bonchev–Trinajstić information content (AvgIpc) is 3.38. The van der Waals surface area contributed by atoms with Gasteiger partial charge in [-0.2, -0.15) is 5.26 Å². The van der Waals surface area contributed by atoms with E-state index in [9.17, 15) is 10.1 Å². The molecule has 1 atom stereocenters. The van der Waals surface area contributed by atoms with E-state index in [1.807, 2.05) is 44.2 Å². The minimum atomic E-state index is -0.732. The lowest BCUT2D eigenvalue weighted by Gasteiger charge is -2.22. The maximum atomic E-state index is 12.2. The molecule has 0 bridgehead atoms. The molecule has 4 nitrogen and oxygen atoms in total. The summed E-state index contributed by atoms with van der Waals surface area (Å²) in [6.45, 7) is 3.86. The summed E-state index contributed by atoms with van der Waals surface area (Å²) in [6, 6.07) is 12.2. The Kier molecular flexibility index (Phi) is 4.27. The zero-order valence-electron chi connectivity index (χ0n) is 13.3. The Hall–Kier alpha value is -2.06. The molecule has 0 aliphatic heterocycles. The van der Waals surface area contributed by atoms with Gasteiger partial charge in [0, 0.05) is 5.39 Å². The molecule has 1 saturated carbocycles. The van der Waals surface area contributed by atoms with Gasteiger partial charge in [-0.05, 0) is 50.3 Å². The third kappa shape index (κ3) is 3.48. The third-order valence-corrected chi connectivity index (χ3v) is 5.19. The molecule has 0 saturated heterocycles. The number of fused-ring (bicyclic) bond motifs is 1. The van der Waals surface area contributed by atoms with E-state index in [1.165, 1.54) is 11.8 Å². The van der Waals surface area contributed by atoms with Crippen LogP contribution in [0.4, 0.5) is 0 Å². The van der Waals surface area contributed by atoms with Crippen molar-refractivity contribution < 1.29 is 4.79 Å². The number of thioether (sulfide) groups is 1. The smallest absolute Gasteiger partial charge is 0.231 e. The SMILES string of the molecule is Cc1cc(SCC(=O)N[C@@](C)(C#N)C2CC2)nc2ccccc12. The topological polar surface area (TPSA) is 65.8 Å². The summed E-state index contributed by atoms with van der Waals surface area (Å²) < 4.78 is 0. The van der Waals surface area contributed by atoms with Gasteiger partial charge in [-0.15, -0.1) is 0 Å². The van der Waals surface area contributed by atoms with Crippen LogP contribution < -0.4 is 5.32 Å². The van der Waals surface area contributed by atoms with E-state index in [4.69, 9.17) is 0 Å². The number of carbonyl (C=O) groups excluding carboxylic acids is 1. The summed E-state index contributed by atoms with van der Waals surface area (Å²) in [4.78, 5) is 16.8. The van der Waals surface area contributed by atoms with Crippen molar-refractivity contribution in [3.05, 3.63) is 35.9 Å². The number of pyridine rings is 1. The highest BCUT2D eigenvalue weighted by Crippen LogP contribution is 2.39. The molecule has 0 radical (unpaired) electrons. The zero-order chi connectivity index (χ0) is 16.4. The molecule has 1 aromatic carbocycles. The molecule has 0 spiro atoms. The van der Waals surface area contributed by atoms with Crippen molar-refractivity contribution in [3.8, 4) is 6.07 Å². The highest BCUT2D eigenvalue weighted by molar-refractivity contribution is 7.99.